The third-order valence-corrected chi connectivity index (χ3v) is 5.49. The Morgan fingerprint density at radius 3 is 1.57 bits per heavy atom. The van der Waals surface area contributed by atoms with Crippen molar-refractivity contribution in [3.05, 3.63) is 119 Å². The monoisotopic (exact) mass is 398 g/mol. The molecule has 4 rings (SSSR count). The lowest BCUT2D eigenvalue weighted by atomic mass is 9.97. The summed E-state index contributed by atoms with van der Waals surface area (Å²) < 4.78 is 29.0. The van der Waals surface area contributed by atoms with Gasteiger partial charge in [0.15, 0.2) is 0 Å². The van der Waals surface area contributed by atoms with Gasteiger partial charge in [0, 0.05) is 11.1 Å². The van der Waals surface area contributed by atoms with Crippen molar-refractivity contribution in [2.24, 2.45) is 0 Å². The highest BCUT2D eigenvalue weighted by Gasteiger charge is 2.10. The largest absolute Gasteiger partial charge is 0.206 e. The smallest absolute Gasteiger partial charge is 0.131 e. The minimum atomic E-state index is -0.347. The van der Waals surface area contributed by atoms with E-state index < -0.39 is 0 Å². The Balaban J connectivity index is 1.50. The van der Waals surface area contributed by atoms with Crippen LogP contribution in [0.1, 0.15) is 22.3 Å². The lowest BCUT2D eigenvalue weighted by Crippen LogP contribution is -1.92. The summed E-state index contributed by atoms with van der Waals surface area (Å²) in [5.41, 5.74) is 6.95. The lowest BCUT2D eigenvalue weighted by molar-refractivity contribution is 0.626. The second-order valence-corrected chi connectivity index (χ2v) is 7.86. The zero-order valence-electron chi connectivity index (χ0n) is 17.3. The van der Waals surface area contributed by atoms with Crippen molar-refractivity contribution in [2.75, 3.05) is 0 Å². The Morgan fingerprint density at radius 2 is 0.967 bits per heavy atom. The third-order valence-electron chi connectivity index (χ3n) is 5.49. The van der Waals surface area contributed by atoms with E-state index in [0.717, 1.165) is 24.0 Å². The molecule has 0 atom stereocenters. The van der Waals surface area contributed by atoms with Gasteiger partial charge < -0.3 is 0 Å². The molecular formula is C28H24F2. The molecule has 0 aliphatic heterocycles. The molecule has 4 aromatic rings. The molecule has 0 N–H and O–H groups in total. The fraction of sp³-hybridized carbons (Fsp3) is 0.143. The van der Waals surface area contributed by atoms with Crippen LogP contribution in [0.2, 0.25) is 0 Å². The molecule has 0 spiro atoms. The van der Waals surface area contributed by atoms with Crippen molar-refractivity contribution in [2.45, 2.75) is 26.7 Å². The molecule has 0 aromatic heterocycles. The first-order chi connectivity index (χ1) is 14.5. The Kier molecular flexibility index (Phi) is 5.76. The van der Waals surface area contributed by atoms with Crippen LogP contribution >= 0.6 is 0 Å². The molecule has 0 aliphatic rings. The first kappa shape index (κ1) is 20.0. The van der Waals surface area contributed by atoms with E-state index in [9.17, 15) is 8.78 Å². The molecule has 4 aromatic carbocycles. The van der Waals surface area contributed by atoms with Gasteiger partial charge in [0.1, 0.15) is 11.6 Å². The molecule has 0 bridgehead atoms. The van der Waals surface area contributed by atoms with E-state index >= 15 is 0 Å². The number of benzene rings is 4. The van der Waals surface area contributed by atoms with E-state index in [-0.39, 0.29) is 11.6 Å². The van der Waals surface area contributed by atoms with E-state index in [0.29, 0.717) is 16.7 Å². The van der Waals surface area contributed by atoms with Crippen LogP contribution in [0.3, 0.4) is 0 Å². The molecule has 0 fully saturated rings. The average Bonchev–Trinajstić information content (AvgIpc) is 2.74. The second-order valence-electron chi connectivity index (χ2n) is 7.86. The van der Waals surface area contributed by atoms with Gasteiger partial charge in [-0.05, 0) is 66.6 Å². The molecular weight excluding hydrogens is 374 g/mol. The maximum Gasteiger partial charge on any atom is 0.131 e. The van der Waals surface area contributed by atoms with Gasteiger partial charge in [-0.15, -0.1) is 0 Å². The zero-order chi connectivity index (χ0) is 21.1. The van der Waals surface area contributed by atoms with Crippen molar-refractivity contribution in [3.8, 4) is 22.3 Å². The highest BCUT2D eigenvalue weighted by molar-refractivity contribution is 5.71. The van der Waals surface area contributed by atoms with Gasteiger partial charge in [0.2, 0.25) is 0 Å². The number of aryl methyl sites for hydroxylation is 4. The van der Waals surface area contributed by atoms with Crippen molar-refractivity contribution < 1.29 is 8.78 Å². The van der Waals surface area contributed by atoms with E-state index in [1.807, 2.05) is 25.1 Å². The Morgan fingerprint density at radius 1 is 0.500 bits per heavy atom. The molecule has 0 nitrogen and oxygen atoms in total. The molecule has 0 amide bonds. The highest BCUT2D eigenvalue weighted by Crippen LogP contribution is 2.30. The molecule has 0 saturated heterocycles. The predicted molar refractivity (Wildman–Crippen MR) is 121 cm³/mol. The number of rotatable bonds is 5. The average molecular weight is 398 g/mol. The van der Waals surface area contributed by atoms with Gasteiger partial charge in [0.25, 0.3) is 0 Å². The maximum absolute atomic E-state index is 14.8. The summed E-state index contributed by atoms with van der Waals surface area (Å²) in [7, 11) is 0. The molecule has 0 saturated carbocycles. The second kappa shape index (κ2) is 8.62. The molecule has 30 heavy (non-hydrogen) atoms. The summed E-state index contributed by atoms with van der Waals surface area (Å²) >= 11 is 0. The van der Waals surface area contributed by atoms with Crippen LogP contribution in [0.4, 0.5) is 8.78 Å². The summed E-state index contributed by atoms with van der Waals surface area (Å²) in [6.07, 6.45) is 1.92. The van der Waals surface area contributed by atoms with E-state index in [1.54, 1.807) is 18.2 Å². The zero-order valence-corrected chi connectivity index (χ0v) is 17.3. The standard InChI is InChI=1S/C28H24F2/c1-19-3-6-21(7-4-19)8-9-22-10-12-23(13-11-22)25-16-14-24(18-28(25)30)26-15-5-20(2)17-27(26)29/h3-7,10-18H,8-9H2,1-2H3. The highest BCUT2D eigenvalue weighted by atomic mass is 19.1. The third kappa shape index (κ3) is 4.49. The van der Waals surface area contributed by atoms with Gasteiger partial charge in [-0.2, -0.15) is 0 Å². The van der Waals surface area contributed by atoms with Crippen molar-refractivity contribution in [1.29, 1.82) is 0 Å². The maximum atomic E-state index is 14.8. The van der Waals surface area contributed by atoms with Gasteiger partial charge in [0.05, 0.1) is 0 Å². The normalized spacial score (nSPS) is 10.9. The summed E-state index contributed by atoms with van der Waals surface area (Å²) in [5.74, 6) is -0.681. The van der Waals surface area contributed by atoms with Crippen LogP contribution < -0.4 is 0 Å². The Labute approximate surface area is 176 Å². The number of hydrogen-bond acceptors (Lipinski definition) is 0. The SMILES string of the molecule is Cc1ccc(CCc2ccc(-c3ccc(-c4ccc(C)cc4F)cc3F)cc2)cc1. The van der Waals surface area contributed by atoms with Crippen LogP contribution in [0, 0.1) is 25.5 Å². The van der Waals surface area contributed by atoms with Crippen LogP contribution in [-0.4, -0.2) is 0 Å². The summed E-state index contributed by atoms with van der Waals surface area (Å²) in [6, 6.07) is 26.5. The Bertz CT molecular complexity index is 1160. The molecule has 0 heterocycles. The summed E-state index contributed by atoms with van der Waals surface area (Å²) in [4.78, 5) is 0. The predicted octanol–water partition coefficient (Wildman–Crippen LogP) is 7.70. The Hall–Kier alpha value is -3.26. The van der Waals surface area contributed by atoms with Gasteiger partial charge in [-0.1, -0.05) is 78.4 Å². The molecule has 0 unspecified atom stereocenters. The topological polar surface area (TPSA) is 0 Å². The van der Waals surface area contributed by atoms with E-state index in [2.05, 4.69) is 43.3 Å². The summed E-state index contributed by atoms with van der Waals surface area (Å²) in [6.45, 7) is 3.92. The minimum absolute atomic E-state index is 0.333. The van der Waals surface area contributed by atoms with Crippen LogP contribution in [0.15, 0.2) is 84.9 Å². The van der Waals surface area contributed by atoms with E-state index in [1.165, 1.54) is 28.8 Å². The fourth-order valence-corrected chi connectivity index (χ4v) is 3.67. The van der Waals surface area contributed by atoms with Crippen LogP contribution in [0.5, 0.6) is 0 Å². The van der Waals surface area contributed by atoms with Crippen molar-refractivity contribution in [3.63, 3.8) is 0 Å². The lowest BCUT2D eigenvalue weighted by Gasteiger charge is -2.09. The quantitative estimate of drug-likeness (QED) is 0.323. The molecule has 150 valence electrons. The summed E-state index contributed by atoms with van der Waals surface area (Å²) in [5, 5.41) is 0. The number of hydrogen-bond donors (Lipinski definition) is 0. The van der Waals surface area contributed by atoms with Gasteiger partial charge in [-0.25, -0.2) is 8.78 Å². The minimum Gasteiger partial charge on any atom is -0.206 e. The first-order valence-corrected chi connectivity index (χ1v) is 10.2. The first-order valence-electron chi connectivity index (χ1n) is 10.2. The molecule has 0 aliphatic carbocycles. The van der Waals surface area contributed by atoms with Gasteiger partial charge >= 0.3 is 0 Å². The van der Waals surface area contributed by atoms with E-state index in [4.69, 9.17) is 0 Å². The van der Waals surface area contributed by atoms with Crippen molar-refractivity contribution >= 4 is 0 Å². The number of halogens is 2. The molecule has 2 heteroatoms. The van der Waals surface area contributed by atoms with Crippen molar-refractivity contribution in [1.82, 2.24) is 0 Å². The van der Waals surface area contributed by atoms with Gasteiger partial charge in [-0.3, -0.25) is 0 Å². The molecule has 0 radical (unpaired) electrons. The fourth-order valence-electron chi connectivity index (χ4n) is 3.67. The van der Waals surface area contributed by atoms with Crippen LogP contribution in [-0.2, 0) is 12.8 Å². The van der Waals surface area contributed by atoms with Crippen LogP contribution in [0.25, 0.3) is 22.3 Å².